The van der Waals surface area contributed by atoms with Gasteiger partial charge in [-0.15, -0.1) is 0 Å². The minimum Gasteiger partial charge on any atom is -0.480 e. The van der Waals surface area contributed by atoms with E-state index in [1.165, 1.54) is 13.8 Å². The fraction of sp³-hybridized carbons (Fsp3) is 0.800. The number of carboxylic acid groups (broad SMARTS) is 1. The van der Waals surface area contributed by atoms with E-state index in [9.17, 15) is 9.59 Å². The third-order valence-electron chi connectivity index (χ3n) is 1.90. The first-order chi connectivity index (χ1) is 6.64. The smallest absolute Gasteiger partial charge is 0.326 e. The van der Waals surface area contributed by atoms with Crippen LogP contribution in [0.1, 0.15) is 34.1 Å². The quantitative estimate of drug-likeness (QED) is 0.618. The standard InChI is InChI=1S/C10H20N2O3/c1-6(2)5-7(8(13)14)12-9(15)10(3,4)11/h6-7H,5,11H2,1-4H3,(H,12,15)(H,13,14)/t7-/m1/s1. The van der Waals surface area contributed by atoms with Gasteiger partial charge in [0.1, 0.15) is 6.04 Å². The molecule has 0 aromatic rings. The molecule has 15 heavy (non-hydrogen) atoms. The molecule has 0 radical (unpaired) electrons. The van der Waals surface area contributed by atoms with E-state index < -0.39 is 23.5 Å². The van der Waals surface area contributed by atoms with Gasteiger partial charge in [-0.2, -0.15) is 0 Å². The zero-order valence-corrected chi connectivity index (χ0v) is 9.70. The normalized spacial score (nSPS) is 13.7. The number of aliphatic carboxylic acids is 1. The van der Waals surface area contributed by atoms with Crippen LogP contribution in [-0.4, -0.2) is 28.6 Å². The van der Waals surface area contributed by atoms with Gasteiger partial charge in [-0.05, 0) is 26.2 Å². The van der Waals surface area contributed by atoms with Crippen molar-refractivity contribution >= 4 is 11.9 Å². The Morgan fingerprint density at radius 1 is 1.40 bits per heavy atom. The molecule has 1 amide bonds. The molecule has 0 spiro atoms. The number of carbonyl (C=O) groups is 2. The molecule has 0 unspecified atom stereocenters. The van der Waals surface area contributed by atoms with E-state index in [0.29, 0.717) is 6.42 Å². The highest BCUT2D eigenvalue weighted by atomic mass is 16.4. The van der Waals surface area contributed by atoms with Gasteiger partial charge in [0.25, 0.3) is 0 Å². The first kappa shape index (κ1) is 13.9. The van der Waals surface area contributed by atoms with Crippen molar-refractivity contribution in [1.82, 2.24) is 5.32 Å². The summed E-state index contributed by atoms with van der Waals surface area (Å²) < 4.78 is 0. The topological polar surface area (TPSA) is 92.4 Å². The Morgan fingerprint density at radius 3 is 2.13 bits per heavy atom. The molecule has 0 aliphatic heterocycles. The third kappa shape index (κ3) is 5.37. The summed E-state index contributed by atoms with van der Waals surface area (Å²) in [6, 6.07) is -0.861. The van der Waals surface area contributed by atoms with Crippen LogP contribution in [0.25, 0.3) is 0 Å². The van der Waals surface area contributed by atoms with Crippen molar-refractivity contribution in [3.63, 3.8) is 0 Å². The van der Waals surface area contributed by atoms with E-state index in [-0.39, 0.29) is 5.92 Å². The maximum atomic E-state index is 11.5. The second-order valence-electron chi connectivity index (χ2n) is 4.72. The highest BCUT2D eigenvalue weighted by molar-refractivity contribution is 5.89. The summed E-state index contributed by atoms with van der Waals surface area (Å²) in [7, 11) is 0. The molecule has 5 heteroatoms. The van der Waals surface area contributed by atoms with Gasteiger partial charge in [0.15, 0.2) is 0 Å². The van der Waals surface area contributed by atoms with Crippen LogP contribution >= 0.6 is 0 Å². The van der Waals surface area contributed by atoms with Crippen molar-refractivity contribution in [2.24, 2.45) is 11.7 Å². The first-order valence-corrected chi connectivity index (χ1v) is 4.97. The van der Waals surface area contributed by atoms with E-state index in [0.717, 1.165) is 0 Å². The molecule has 0 rings (SSSR count). The van der Waals surface area contributed by atoms with Crippen LogP contribution in [-0.2, 0) is 9.59 Å². The van der Waals surface area contributed by atoms with Crippen molar-refractivity contribution in [2.45, 2.75) is 45.7 Å². The summed E-state index contributed by atoms with van der Waals surface area (Å²) in [6.07, 6.45) is 0.400. The summed E-state index contributed by atoms with van der Waals surface area (Å²) in [5.74, 6) is -1.27. The molecule has 0 bridgehead atoms. The summed E-state index contributed by atoms with van der Waals surface area (Å²) >= 11 is 0. The molecule has 88 valence electrons. The summed E-state index contributed by atoms with van der Waals surface area (Å²) in [4.78, 5) is 22.3. The Bertz CT molecular complexity index is 244. The number of hydrogen-bond donors (Lipinski definition) is 3. The number of nitrogens with one attached hydrogen (secondary N) is 1. The molecule has 0 fully saturated rings. The molecule has 5 nitrogen and oxygen atoms in total. The summed E-state index contributed by atoms with van der Waals surface area (Å²) in [5.41, 5.74) is 4.50. The number of carboxylic acids is 1. The second kappa shape index (κ2) is 5.11. The van der Waals surface area contributed by atoms with Crippen LogP contribution in [0.4, 0.5) is 0 Å². The highest BCUT2D eigenvalue weighted by Gasteiger charge is 2.27. The minimum atomic E-state index is -1.05. The zero-order valence-electron chi connectivity index (χ0n) is 9.70. The van der Waals surface area contributed by atoms with Gasteiger partial charge in [0.2, 0.25) is 5.91 Å². The van der Waals surface area contributed by atoms with Crippen LogP contribution in [0.2, 0.25) is 0 Å². The lowest BCUT2D eigenvalue weighted by Gasteiger charge is -2.22. The van der Waals surface area contributed by atoms with Crippen LogP contribution in [0.5, 0.6) is 0 Å². The Labute approximate surface area is 90.0 Å². The Hall–Kier alpha value is -1.10. The first-order valence-electron chi connectivity index (χ1n) is 4.97. The molecule has 0 saturated heterocycles. The zero-order chi connectivity index (χ0) is 12.2. The van der Waals surface area contributed by atoms with Gasteiger partial charge in [0, 0.05) is 0 Å². The number of carbonyl (C=O) groups excluding carboxylic acids is 1. The van der Waals surface area contributed by atoms with Crippen molar-refractivity contribution in [3.8, 4) is 0 Å². The van der Waals surface area contributed by atoms with Gasteiger partial charge in [-0.3, -0.25) is 4.79 Å². The Kier molecular flexibility index (Phi) is 4.74. The monoisotopic (exact) mass is 216 g/mol. The molecule has 0 aliphatic rings. The number of rotatable bonds is 5. The molecule has 0 aromatic heterocycles. The molecule has 1 atom stereocenters. The fourth-order valence-electron chi connectivity index (χ4n) is 1.04. The third-order valence-corrected chi connectivity index (χ3v) is 1.90. The highest BCUT2D eigenvalue weighted by Crippen LogP contribution is 2.06. The van der Waals surface area contributed by atoms with Gasteiger partial charge in [-0.1, -0.05) is 13.8 Å². The summed E-state index contributed by atoms with van der Waals surface area (Å²) in [5, 5.41) is 11.3. The van der Waals surface area contributed by atoms with Crippen LogP contribution < -0.4 is 11.1 Å². The van der Waals surface area contributed by atoms with Crippen LogP contribution in [0, 0.1) is 5.92 Å². The van der Waals surface area contributed by atoms with Crippen molar-refractivity contribution in [1.29, 1.82) is 0 Å². The van der Waals surface area contributed by atoms with Gasteiger partial charge < -0.3 is 16.2 Å². The number of hydrogen-bond acceptors (Lipinski definition) is 3. The molecule has 0 saturated carbocycles. The molecular weight excluding hydrogens is 196 g/mol. The number of amides is 1. The predicted octanol–water partition coefficient (Wildman–Crippen LogP) is 0.339. The van der Waals surface area contributed by atoms with E-state index in [1.807, 2.05) is 13.8 Å². The molecular formula is C10H20N2O3. The average molecular weight is 216 g/mol. The Morgan fingerprint density at radius 2 is 1.87 bits per heavy atom. The van der Waals surface area contributed by atoms with Gasteiger partial charge in [-0.25, -0.2) is 4.79 Å². The molecule has 0 heterocycles. The SMILES string of the molecule is CC(C)C[C@@H](NC(=O)C(C)(C)N)C(=O)O. The maximum absolute atomic E-state index is 11.5. The maximum Gasteiger partial charge on any atom is 0.326 e. The molecule has 4 N–H and O–H groups in total. The predicted molar refractivity (Wildman–Crippen MR) is 57.3 cm³/mol. The van der Waals surface area contributed by atoms with Crippen molar-refractivity contribution < 1.29 is 14.7 Å². The van der Waals surface area contributed by atoms with Crippen molar-refractivity contribution in [3.05, 3.63) is 0 Å². The lowest BCUT2D eigenvalue weighted by Crippen LogP contribution is -2.54. The van der Waals surface area contributed by atoms with E-state index in [1.54, 1.807) is 0 Å². The molecule has 0 aliphatic carbocycles. The van der Waals surface area contributed by atoms with Gasteiger partial charge >= 0.3 is 5.97 Å². The van der Waals surface area contributed by atoms with Crippen LogP contribution in [0.15, 0.2) is 0 Å². The second-order valence-corrected chi connectivity index (χ2v) is 4.72. The largest absolute Gasteiger partial charge is 0.480 e. The van der Waals surface area contributed by atoms with Gasteiger partial charge in [0.05, 0.1) is 5.54 Å². The minimum absolute atomic E-state index is 0.201. The number of nitrogens with two attached hydrogens (primary N) is 1. The fourth-order valence-corrected chi connectivity index (χ4v) is 1.04. The van der Waals surface area contributed by atoms with Crippen molar-refractivity contribution in [2.75, 3.05) is 0 Å². The average Bonchev–Trinajstić information content (AvgIpc) is 1.99. The van der Waals surface area contributed by atoms with E-state index in [2.05, 4.69) is 5.32 Å². The molecule has 0 aromatic carbocycles. The lowest BCUT2D eigenvalue weighted by atomic mass is 10.0. The Balaban J connectivity index is 4.43. The van der Waals surface area contributed by atoms with E-state index in [4.69, 9.17) is 10.8 Å². The van der Waals surface area contributed by atoms with E-state index >= 15 is 0 Å². The lowest BCUT2D eigenvalue weighted by molar-refractivity contribution is -0.143. The van der Waals surface area contributed by atoms with Crippen LogP contribution in [0.3, 0.4) is 0 Å². The summed E-state index contributed by atoms with van der Waals surface area (Å²) in [6.45, 7) is 6.87.